The molecule has 1 aliphatic heterocycles. The molecular weight excluding hydrogens is 272 g/mol. The summed E-state index contributed by atoms with van der Waals surface area (Å²) in [6.07, 6.45) is 0. The third kappa shape index (κ3) is 2.30. The fraction of sp³-hybridized carbons (Fsp3) is 0.200. The largest absolute Gasteiger partial charge is 0.311 e. The van der Waals surface area contributed by atoms with Crippen molar-refractivity contribution in [2.45, 2.75) is 11.4 Å². The predicted molar refractivity (Wildman–Crippen MR) is 79.1 cm³/mol. The topological polar surface area (TPSA) is 49.4 Å². The van der Waals surface area contributed by atoms with Crippen LogP contribution in [0.5, 0.6) is 0 Å². The van der Waals surface area contributed by atoms with E-state index in [1.807, 2.05) is 30.3 Å². The second-order valence-electron chi connectivity index (χ2n) is 4.70. The van der Waals surface area contributed by atoms with E-state index in [1.54, 1.807) is 24.3 Å². The molecule has 2 aromatic carbocycles. The van der Waals surface area contributed by atoms with E-state index in [2.05, 4.69) is 5.32 Å². The van der Waals surface area contributed by atoms with Crippen LogP contribution in [0.25, 0.3) is 0 Å². The number of benzene rings is 2. The van der Waals surface area contributed by atoms with Crippen LogP contribution in [0.3, 0.4) is 0 Å². The van der Waals surface area contributed by atoms with E-state index in [0.29, 0.717) is 24.5 Å². The first-order chi connectivity index (χ1) is 9.69. The number of anilines is 1. The maximum atomic E-state index is 12.8. The first-order valence-electron chi connectivity index (χ1n) is 6.56. The van der Waals surface area contributed by atoms with Gasteiger partial charge < -0.3 is 5.32 Å². The molecule has 5 heteroatoms. The maximum absolute atomic E-state index is 12.8. The molecule has 1 aliphatic rings. The van der Waals surface area contributed by atoms with Crippen LogP contribution in [-0.4, -0.2) is 21.5 Å². The minimum Gasteiger partial charge on any atom is -0.311 e. The lowest BCUT2D eigenvalue weighted by molar-refractivity contribution is 0.589. The van der Waals surface area contributed by atoms with Crippen LogP contribution in [-0.2, 0) is 16.6 Å². The van der Waals surface area contributed by atoms with E-state index in [1.165, 1.54) is 4.31 Å². The third-order valence-electron chi connectivity index (χ3n) is 3.40. The minimum atomic E-state index is -3.51. The fourth-order valence-corrected chi connectivity index (χ4v) is 3.92. The lowest BCUT2D eigenvalue weighted by Gasteiger charge is -2.24. The van der Waals surface area contributed by atoms with Crippen molar-refractivity contribution < 1.29 is 8.42 Å². The van der Waals surface area contributed by atoms with Crippen molar-refractivity contribution in [3.63, 3.8) is 0 Å². The average molecular weight is 288 g/mol. The lowest BCUT2D eigenvalue weighted by Crippen LogP contribution is -2.34. The monoisotopic (exact) mass is 288 g/mol. The lowest BCUT2D eigenvalue weighted by atomic mass is 10.2. The molecule has 0 unspecified atom stereocenters. The molecule has 1 heterocycles. The summed E-state index contributed by atoms with van der Waals surface area (Å²) < 4.78 is 27.1. The van der Waals surface area contributed by atoms with Crippen LogP contribution < -0.4 is 9.62 Å². The maximum Gasteiger partial charge on any atom is 0.264 e. The predicted octanol–water partition coefficient (Wildman–Crippen LogP) is 1.99. The molecule has 20 heavy (non-hydrogen) atoms. The van der Waals surface area contributed by atoms with Crippen LogP contribution in [0.15, 0.2) is 59.5 Å². The molecule has 0 aromatic heterocycles. The summed E-state index contributed by atoms with van der Waals surface area (Å²) in [7, 11) is -3.51. The molecule has 0 atom stereocenters. The molecule has 0 saturated carbocycles. The van der Waals surface area contributed by atoms with Crippen molar-refractivity contribution in [2.24, 2.45) is 0 Å². The SMILES string of the molecule is O=S(=O)(c1ccccc1)N1CCNCc2ccccc21. The number of rotatable bonds is 2. The number of sulfonamides is 1. The molecule has 0 radical (unpaired) electrons. The van der Waals surface area contributed by atoms with Crippen molar-refractivity contribution in [3.8, 4) is 0 Å². The van der Waals surface area contributed by atoms with Crippen molar-refractivity contribution in [2.75, 3.05) is 17.4 Å². The summed E-state index contributed by atoms with van der Waals surface area (Å²) in [6, 6.07) is 16.2. The third-order valence-corrected chi connectivity index (χ3v) is 5.23. The molecule has 2 aromatic rings. The van der Waals surface area contributed by atoms with Gasteiger partial charge in [0.05, 0.1) is 10.6 Å². The Morgan fingerprint density at radius 2 is 1.65 bits per heavy atom. The van der Waals surface area contributed by atoms with Gasteiger partial charge >= 0.3 is 0 Å². The highest BCUT2D eigenvalue weighted by atomic mass is 32.2. The van der Waals surface area contributed by atoms with E-state index in [4.69, 9.17) is 0 Å². The van der Waals surface area contributed by atoms with Crippen molar-refractivity contribution in [1.82, 2.24) is 5.32 Å². The van der Waals surface area contributed by atoms with Gasteiger partial charge in [0.1, 0.15) is 0 Å². The van der Waals surface area contributed by atoms with Crippen LogP contribution in [0.1, 0.15) is 5.56 Å². The highest BCUT2D eigenvalue weighted by Gasteiger charge is 2.27. The normalized spacial score (nSPS) is 15.5. The number of hydrogen-bond donors (Lipinski definition) is 1. The number of nitrogens with one attached hydrogen (secondary N) is 1. The van der Waals surface area contributed by atoms with Gasteiger partial charge in [-0.15, -0.1) is 0 Å². The van der Waals surface area contributed by atoms with Gasteiger partial charge in [0.25, 0.3) is 10.0 Å². The average Bonchev–Trinajstić information content (AvgIpc) is 2.71. The summed E-state index contributed by atoms with van der Waals surface area (Å²) in [4.78, 5) is 0.330. The Hall–Kier alpha value is -1.85. The van der Waals surface area contributed by atoms with Gasteiger partial charge in [-0.2, -0.15) is 0 Å². The van der Waals surface area contributed by atoms with Gasteiger partial charge in [-0.05, 0) is 23.8 Å². The summed E-state index contributed by atoms with van der Waals surface area (Å²) >= 11 is 0. The quantitative estimate of drug-likeness (QED) is 0.919. The van der Waals surface area contributed by atoms with Crippen LogP contribution in [0, 0.1) is 0 Å². The Balaban J connectivity index is 2.10. The molecule has 0 saturated heterocycles. The molecule has 0 fully saturated rings. The Bertz CT molecular complexity index is 699. The molecule has 0 aliphatic carbocycles. The second-order valence-corrected chi connectivity index (χ2v) is 6.56. The Labute approximate surface area is 119 Å². The number of fused-ring (bicyclic) bond motifs is 1. The molecule has 0 amide bonds. The standard InChI is InChI=1S/C15H16N2O2S/c18-20(19,14-7-2-1-3-8-14)17-11-10-16-12-13-6-4-5-9-15(13)17/h1-9,16H,10-12H2. The van der Waals surface area contributed by atoms with Gasteiger partial charge in [0, 0.05) is 19.6 Å². The van der Waals surface area contributed by atoms with E-state index in [-0.39, 0.29) is 0 Å². The number of para-hydroxylation sites is 1. The van der Waals surface area contributed by atoms with Crippen molar-refractivity contribution in [1.29, 1.82) is 0 Å². The first kappa shape index (κ1) is 13.1. The summed E-state index contributed by atoms with van der Waals surface area (Å²) in [6.45, 7) is 1.77. The van der Waals surface area contributed by atoms with Gasteiger partial charge in [-0.25, -0.2) is 8.42 Å². The smallest absolute Gasteiger partial charge is 0.264 e. The fourth-order valence-electron chi connectivity index (χ4n) is 2.40. The van der Waals surface area contributed by atoms with Crippen molar-refractivity contribution in [3.05, 3.63) is 60.2 Å². The van der Waals surface area contributed by atoms with Gasteiger partial charge in [0.15, 0.2) is 0 Å². The zero-order chi connectivity index (χ0) is 14.0. The first-order valence-corrected chi connectivity index (χ1v) is 8.00. The van der Waals surface area contributed by atoms with Crippen LogP contribution in [0.4, 0.5) is 5.69 Å². The zero-order valence-corrected chi connectivity index (χ0v) is 11.8. The Morgan fingerprint density at radius 3 is 2.45 bits per heavy atom. The van der Waals surface area contributed by atoms with E-state index in [0.717, 1.165) is 11.3 Å². The highest BCUT2D eigenvalue weighted by Crippen LogP contribution is 2.27. The zero-order valence-electron chi connectivity index (χ0n) is 11.0. The van der Waals surface area contributed by atoms with Gasteiger partial charge in [-0.3, -0.25) is 4.31 Å². The molecule has 0 bridgehead atoms. The van der Waals surface area contributed by atoms with Gasteiger partial charge in [0.2, 0.25) is 0 Å². The van der Waals surface area contributed by atoms with Crippen LogP contribution >= 0.6 is 0 Å². The number of hydrogen-bond acceptors (Lipinski definition) is 3. The van der Waals surface area contributed by atoms with E-state index >= 15 is 0 Å². The molecule has 1 N–H and O–H groups in total. The van der Waals surface area contributed by atoms with E-state index < -0.39 is 10.0 Å². The highest BCUT2D eigenvalue weighted by molar-refractivity contribution is 7.92. The Kier molecular flexibility index (Phi) is 3.46. The minimum absolute atomic E-state index is 0.330. The molecule has 3 rings (SSSR count). The summed E-state index contributed by atoms with van der Waals surface area (Å²) in [5.74, 6) is 0. The van der Waals surface area contributed by atoms with E-state index in [9.17, 15) is 8.42 Å². The molecule has 0 spiro atoms. The molecule has 4 nitrogen and oxygen atoms in total. The molecular formula is C15H16N2O2S. The van der Waals surface area contributed by atoms with Crippen molar-refractivity contribution >= 4 is 15.7 Å². The van der Waals surface area contributed by atoms with Gasteiger partial charge in [-0.1, -0.05) is 36.4 Å². The number of nitrogens with zero attached hydrogens (tertiary/aromatic N) is 1. The summed E-state index contributed by atoms with van der Waals surface area (Å²) in [5.41, 5.74) is 1.77. The Morgan fingerprint density at radius 1 is 0.950 bits per heavy atom. The van der Waals surface area contributed by atoms with Crippen LogP contribution in [0.2, 0.25) is 0 Å². The summed E-state index contributed by atoms with van der Waals surface area (Å²) in [5, 5.41) is 3.25. The second kappa shape index (κ2) is 5.26. The molecule has 104 valence electrons.